The van der Waals surface area contributed by atoms with Crippen molar-refractivity contribution in [3.05, 3.63) is 0 Å². The topological polar surface area (TPSA) is 43.4 Å². The Labute approximate surface area is 238 Å². The van der Waals surface area contributed by atoms with Crippen LogP contribution in [0, 0.1) is 5.92 Å². The number of esters is 2. The average Bonchev–Trinajstić information content (AvgIpc) is 2.73. The Morgan fingerprint density at radius 3 is 1.39 bits per heavy atom. The van der Waals surface area contributed by atoms with Gasteiger partial charge in [0.25, 0.3) is 0 Å². The standard InChI is InChI=1S/C27H52O3.K.H/c1-4-6-8-10-12-14-15-16-18-20-22-24-26(28)30-27(29)25(3)23-21-19-17-13-11-9-7-5-2;;/h25H,4-24H2,1-3H3;;/q;+1;-1. The van der Waals surface area contributed by atoms with E-state index >= 15 is 0 Å². The molecule has 0 fully saturated rings. The molecule has 1 atom stereocenters. The van der Waals surface area contributed by atoms with Crippen LogP contribution in [0.15, 0.2) is 0 Å². The third-order valence-electron chi connectivity index (χ3n) is 6.09. The summed E-state index contributed by atoms with van der Waals surface area (Å²) >= 11 is 0. The van der Waals surface area contributed by atoms with Crippen LogP contribution in [0.2, 0.25) is 0 Å². The maximum Gasteiger partial charge on any atom is 1.00 e. The molecule has 0 aliphatic carbocycles. The zero-order valence-corrected chi connectivity index (χ0v) is 24.8. The Kier molecular flexibility index (Phi) is 29.6. The van der Waals surface area contributed by atoms with Gasteiger partial charge in [-0.15, -0.1) is 0 Å². The van der Waals surface area contributed by atoms with Crippen molar-refractivity contribution in [3.63, 3.8) is 0 Å². The van der Waals surface area contributed by atoms with Gasteiger partial charge in [0.15, 0.2) is 0 Å². The Morgan fingerprint density at radius 1 is 0.613 bits per heavy atom. The fourth-order valence-electron chi connectivity index (χ4n) is 3.90. The van der Waals surface area contributed by atoms with Crippen LogP contribution in [0.5, 0.6) is 0 Å². The van der Waals surface area contributed by atoms with Crippen molar-refractivity contribution in [2.24, 2.45) is 5.92 Å². The minimum Gasteiger partial charge on any atom is -1.00 e. The van der Waals surface area contributed by atoms with E-state index in [-0.39, 0.29) is 70.7 Å². The SMILES string of the molecule is CCCCCCCCCCCCCC(=O)OC(=O)C(C)CCCCCCCCCC.[H-].[K+]. The van der Waals surface area contributed by atoms with Crippen LogP contribution in [0.1, 0.15) is 157 Å². The Balaban J connectivity index is -0.00000420. The van der Waals surface area contributed by atoms with Crippen LogP contribution >= 0.6 is 0 Å². The number of hydrogen-bond donors (Lipinski definition) is 0. The molecule has 0 rings (SSSR count). The molecule has 0 aromatic rings. The van der Waals surface area contributed by atoms with Gasteiger partial charge in [-0.05, 0) is 12.8 Å². The van der Waals surface area contributed by atoms with Crippen LogP contribution in [-0.4, -0.2) is 11.9 Å². The normalized spacial score (nSPS) is 11.7. The molecule has 3 nitrogen and oxygen atoms in total. The van der Waals surface area contributed by atoms with Gasteiger partial charge in [0.05, 0.1) is 5.92 Å². The van der Waals surface area contributed by atoms with Crippen LogP contribution in [-0.2, 0) is 14.3 Å². The van der Waals surface area contributed by atoms with E-state index < -0.39 is 0 Å². The maximum atomic E-state index is 12.0. The fourth-order valence-corrected chi connectivity index (χ4v) is 3.90. The Hall–Kier alpha value is 0.776. The molecule has 0 saturated heterocycles. The summed E-state index contributed by atoms with van der Waals surface area (Å²) in [6.45, 7) is 6.38. The largest absolute Gasteiger partial charge is 1.00 e. The molecule has 0 aliphatic rings. The predicted molar refractivity (Wildman–Crippen MR) is 130 cm³/mol. The molecule has 0 aliphatic heterocycles. The molecule has 31 heavy (non-hydrogen) atoms. The number of hydrogen-bond acceptors (Lipinski definition) is 3. The van der Waals surface area contributed by atoms with E-state index in [0.29, 0.717) is 6.42 Å². The summed E-state index contributed by atoms with van der Waals surface area (Å²) in [4.78, 5) is 23.9. The minimum atomic E-state index is -0.335. The first-order chi connectivity index (χ1) is 14.6. The van der Waals surface area contributed by atoms with Gasteiger partial charge in [-0.25, -0.2) is 0 Å². The summed E-state index contributed by atoms with van der Waals surface area (Å²) in [7, 11) is 0. The van der Waals surface area contributed by atoms with Gasteiger partial charge >= 0.3 is 63.3 Å². The molecule has 1 unspecified atom stereocenters. The van der Waals surface area contributed by atoms with Crippen LogP contribution in [0.3, 0.4) is 0 Å². The summed E-state index contributed by atoms with van der Waals surface area (Å²) in [5.41, 5.74) is 0. The van der Waals surface area contributed by atoms with Crippen LogP contribution < -0.4 is 51.4 Å². The third kappa shape index (κ3) is 25.2. The van der Waals surface area contributed by atoms with Crippen molar-refractivity contribution in [1.29, 1.82) is 0 Å². The first-order valence-corrected chi connectivity index (χ1v) is 13.4. The Bertz CT molecular complexity index is 404. The molecule has 0 aromatic carbocycles. The third-order valence-corrected chi connectivity index (χ3v) is 6.09. The molecule has 4 heteroatoms. The molecule has 0 spiro atoms. The summed E-state index contributed by atoms with van der Waals surface area (Å²) in [6, 6.07) is 0. The number of ether oxygens (including phenoxy) is 1. The first kappa shape index (κ1) is 33.9. The summed E-state index contributed by atoms with van der Waals surface area (Å²) in [6.07, 6.45) is 25.1. The van der Waals surface area contributed by atoms with Crippen molar-refractivity contribution >= 4 is 11.9 Å². The second-order valence-corrected chi connectivity index (χ2v) is 9.24. The van der Waals surface area contributed by atoms with E-state index in [2.05, 4.69) is 13.8 Å². The van der Waals surface area contributed by atoms with Crippen molar-refractivity contribution in [2.45, 2.75) is 156 Å². The molecular formula is C27H53KO3. The van der Waals surface area contributed by atoms with Crippen LogP contribution in [0.25, 0.3) is 0 Å². The minimum absolute atomic E-state index is 0. The molecular weight excluding hydrogens is 411 g/mol. The van der Waals surface area contributed by atoms with Crippen LogP contribution in [0.4, 0.5) is 0 Å². The van der Waals surface area contributed by atoms with E-state index in [4.69, 9.17) is 4.74 Å². The zero-order chi connectivity index (χ0) is 22.3. The second-order valence-electron chi connectivity index (χ2n) is 9.24. The smallest absolute Gasteiger partial charge is 1.00 e. The quantitative estimate of drug-likeness (QED) is 0.0849. The summed E-state index contributed by atoms with van der Waals surface area (Å²) < 4.78 is 5.05. The van der Waals surface area contributed by atoms with Crippen molar-refractivity contribution in [3.8, 4) is 0 Å². The van der Waals surface area contributed by atoms with E-state index in [0.717, 1.165) is 25.7 Å². The maximum absolute atomic E-state index is 12.0. The molecule has 0 saturated carbocycles. The molecule has 180 valence electrons. The molecule has 0 aromatic heterocycles. The molecule has 0 radical (unpaired) electrons. The summed E-state index contributed by atoms with van der Waals surface area (Å²) in [5.74, 6) is -0.823. The van der Waals surface area contributed by atoms with E-state index in [9.17, 15) is 9.59 Å². The van der Waals surface area contributed by atoms with Crippen molar-refractivity contribution < 1.29 is 67.1 Å². The molecule has 0 heterocycles. The average molecular weight is 465 g/mol. The molecule has 0 N–H and O–H groups in total. The molecule has 0 bridgehead atoms. The van der Waals surface area contributed by atoms with Gasteiger partial charge in [-0.3, -0.25) is 9.59 Å². The Morgan fingerprint density at radius 2 is 0.968 bits per heavy atom. The van der Waals surface area contributed by atoms with E-state index in [1.165, 1.54) is 103 Å². The van der Waals surface area contributed by atoms with Gasteiger partial charge in [-0.1, -0.05) is 136 Å². The molecule has 0 amide bonds. The first-order valence-electron chi connectivity index (χ1n) is 13.4. The number of unbranched alkanes of at least 4 members (excludes halogenated alkanes) is 17. The van der Waals surface area contributed by atoms with Crippen molar-refractivity contribution in [2.75, 3.05) is 0 Å². The number of carbonyl (C=O) groups is 2. The van der Waals surface area contributed by atoms with E-state index in [1.54, 1.807) is 0 Å². The monoisotopic (exact) mass is 464 g/mol. The fraction of sp³-hybridized carbons (Fsp3) is 0.926. The van der Waals surface area contributed by atoms with Gasteiger partial charge in [0, 0.05) is 6.42 Å². The second kappa shape index (κ2) is 27.0. The summed E-state index contributed by atoms with van der Waals surface area (Å²) in [5, 5.41) is 0. The van der Waals surface area contributed by atoms with Gasteiger partial charge in [-0.2, -0.15) is 0 Å². The van der Waals surface area contributed by atoms with Gasteiger partial charge in [0.2, 0.25) is 0 Å². The predicted octanol–water partition coefficient (Wildman–Crippen LogP) is 6.04. The van der Waals surface area contributed by atoms with Gasteiger partial charge < -0.3 is 6.16 Å². The number of rotatable bonds is 22. The number of carbonyl (C=O) groups excluding carboxylic acids is 2. The zero-order valence-electron chi connectivity index (χ0n) is 22.7. The van der Waals surface area contributed by atoms with Crippen molar-refractivity contribution in [1.82, 2.24) is 0 Å². The van der Waals surface area contributed by atoms with E-state index in [1.807, 2.05) is 6.92 Å². The van der Waals surface area contributed by atoms with Gasteiger partial charge in [0.1, 0.15) is 0 Å².